The molecule has 0 bridgehead atoms. The molecule has 154 valence electrons. The number of nitrogens with zero attached hydrogens (tertiary/aromatic N) is 2. The molecule has 29 heavy (non-hydrogen) atoms. The fourth-order valence-electron chi connectivity index (χ4n) is 3.05. The number of carbonyl (C=O) groups excluding carboxylic acids is 2. The smallest absolute Gasteiger partial charge is 0.258 e. The predicted molar refractivity (Wildman–Crippen MR) is 107 cm³/mol. The van der Waals surface area contributed by atoms with Crippen molar-refractivity contribution in [1.29, 1.82) is 0 Å². The molecule has 2 amide bonds. The van der Waals surface area contributed by atoms with Crippen LogP contribution in [0.2, 0.25) is 5.02 Å². The Balaban J connectivity index is 1.69. The molecule has 0 unspecified atom stereocenters. The van der Waals surface area contributed by atoms with Crippen LogP contribution in [0.3, 0.4) is 0 Å². The summed E-state index contributed by atoms with van der Waals surface area (Å²) < 4.78 is 40.9. The fourth-order valence-corrected chi connectivity index (χ4v) is 4.72. The van der Waals surface area contributed by atoms with E-state index in [1.165, 1.54) is 52.5 Å². The van der Waals surface area contributed by atoms with E-state index in [1.54, 1.807) is 0 Å². The van der Waals surface area contributed by atoms with E-state index in [0.29, 0.717) is 5.69 Å². The quantitative estimate of drug-likeness (QED) is 0.793. The van der Waals surface area contributed by atoms with E-state index in [0.717, 1.165) is 6.07 Å². The molecule has 1 N–H and O–H groups in total. The van der Waals surface area contributed by atoms with Crippen molar-refractivity contribution < 1.29 is 22.4 Å². The topological polar surface area (TPSA) is 86.8 Å². The van der Waals surface area contributed by atoms with E-state index in [2.05, 4.69) is 5.32 Å². The zero-order valence-corrected chi connectivity index (χ0v) is 17.1. The summed E-state index contributed by atoms with van der Waals surface area (Å²) in [6.07, 6.45) is 0. The number of rotatable bonds is 4. The summed E-state index contributed by atoms with van der Waals surface area (Å²) in [5, 5.41) is 2.59. The molecule has 0 aliphatic carbocycles. The maximum Gasteiger partial charge on any atom is 0.258 e. The third kappa shape index (κ3) is 4.58. The first-order valence-corrected chi connectivity index (χ1v) is 10.6. The zero-order chi connectivity index (χ0) is 21.2. The molecule has 2 aromatic rings. The Bertz CT molecular complexity index is 1020. The summed E-state index contributed by atoms with van der Waals surface area (Å²) in [6, 6.07) is 9.85. The van der Waals surface area contributed by atoms with Crippen molar-refractivity contribution in [3.8, 4) is 0 Å². The van der Waals surface area contributed by atoms with Gasteiger partial charge in [-0.2, -0.15) is 4.31 Å². The lowest BCUT2D eigenvalue weighted by molar-refractivity contribution is -0.114. The molecule has 2 aromatic carbocycles. The van der Waals surface area contributed by atoms with Crippen molar-refractivity contribution in [2.24, 2.45) is 0 Å². The van der Waals surface area contributed by atoms with Crippen molar-refractivity contribution in [3.63, 3.8) is 0 Å². The molecule has 1 aliphatic rings. The van der Waals surface area contributed by atoms with Gasteiger partial charge in [0.05, 0.1) is 15.5 Å². The molecular weight excluding hydrogens is 421 g/mol. The van der Waals surface area contributed by atoms with Crippen LogP contribution in [0.1, 0.15) is 17.3 Å². The summed E-state index contributed by atoms with van der Waals surface area (Å²) in [5.41, 5.74) is 0.285. The Morgan fingerprint density at radius 2 is 1.66 bits per heavy atom. The molecule has 3 rings (SSSR count). The number of halogens is 2. The predicted octanol–water partition coefficient (Wildman–Crippen LogP) is 2.58. The molecule has 7 nitrogen and oxygen atoms in total. The van der Waals surface area contributed by atoms with Gasteiger partial charge in [-0.1, -0.05) is 17.7 Å². The second-order valence-corrected chi connectivity index (χ2v) is 8.84. The van der Waals surface area contributed by atoms with Crippen LogP contribution in [-0.4, -0.2) is 55.6 Å². The summed E-state index contributed by atoms with van der Waals surface area (Å²) in [4.78, 5) is 25.1. The maximum absolute atomic E-state index is 14.0. The second-order valence-electron chi connectivity index (χ2n) is 6.50. The summed E-state index contributed by atoms with van der Waals surface area (Å²) in [5.74, 6) is -1.53. The molecular formula is C19H19ClFN3O4S. The fraction of sp³-hybridized carbons (Fsp3) is 0.263. The van der Waals surface area contributed by atoms with Crippen LogP contribution in [0.4, 0.5) is 10.1 Å². The van der Waals surface area contributed by atoms with Crippen molar-refractivity contribution in [2.75, 3.05) is 31.5 Å². The van der Waals surface area contributed by atoms with Crippen LogP contribution in [-0.2, 0) is 14.8 Å². The van der Waals surface area contributed by atoms with Crippen molar-refractivity contribution in [3.05, 3.63) is 58.9 Å². The van der Waals surface area contributed by atoms with E-state index in [9.17, 15) is 22.4 Å². The normalized spacial score (nSPS) is 15.2. The Hall–Kier alpha value is -2.49. The monoisotopic (exact) mass is 439 g/mol. The highest BCUT2D eigenvalue weighted by molar-refractivity contribution is 7.89. The number of hydrogen-bond acceptors (Lipinski definition) is 4. The molecule has 0 aromatic heterocycles. The van der Waals surface area contributed by atoms with Crippen molar-refractivity contribution in [1.82, 2.24) is 9.21 Å². The first kappa shape index (κ1) is 21.2. The minimum atomic E-state index is -3.75. The molecule has 0 saturated carbocycles. The van der Waals surface area contributed by atoms with E-state index in [-0.39, 0.29) is 47.6 Å². The van der Waals surface area contributed by atoms with Crippen LogP contribution in [0.15, 0.2) is 47.4 Å². The van der Waals surface area contributed by atoms with E-state index in [4.69, 9.17) is 11.6 Å². The third-order valence-electron chi connectivity index (χ3n) is 4.51. The van der Waals surface area contributed by atoms with Gasteiger partial charge in [0.15, 0.2) is 0 Å². The van der Waals surface area contributed by atoms with Crippen molar-refractivity contribution >= 4 is 39.1 Å². The zero-order valence-electron chi connectivity index (χ0n) is 15.6. The van der Waals surface area contributed by atoms with Crippen LogP contribution in [0.5, 0.6) is 0 Å². The minimum absolute atomic E-state index is 0.0179. The molecule has 0 atom stereocenters. The lowest BCUT2D eigenvalue weighted by atomic mass is 10.1. The van der Waals surface area contributed by atoms with Gasteiger partial charge in [0.2, 0.25) is 15.9 Å². The Morgan fingerprint density at radius 3 is 2.21 bits per heavy atom. The number of hydrogen-bond donors (Lipinski definition) is 1. The average molecular weight is 440 g/mol. The third-order valence-corrected chi connectivity index (χ3v) is 6.74. The summed E-state index contributed by atoms with van der Waals surface area (Å²) >= 11 is 5.95. The summed E-state index contributed by atoms with van der Waals surface area (Å²) in [7, 11) is -3.75. The van der Waals surface area contributed by atoms with Gasteiger partial charge in [0.1, 0.15) is 5.82 Å². The SMILES string of the molecule is CC(=O)Nc1ccc(S(=O)(=O)N2CCN(C(=O)c3c(F)cccc3Cl)CC2)cc1. The number of anilines is 1. The van der Waals surface area contributed by atoms with Gasteiger partial charge in [-0.3, -0.25) is 9.59 Å². The Labute approximate surface area is 173 Å². The minimum Gasteiger partial charge on any atom is -0.336 e. The highest BCUT2D eigenvalue weighted by atomic mass is 35.5. The molecule has 1 aliphatic heterocycles. The second kappa shape index (κ2) is 8.48. The van der Waals surface area contributed by atoms with Crippen molar-refractivity contribution in [2.45, 2.75) is 11.8 Å². The summed E-state index contributed by atoms with van der Waals surface area (Å²) in [6.45, 7) is 1.75. The highest BCUT2D eigenvalue weighted by Crippen LogP contribution is 2.23. The first-order valence-electron chi connectivity index (χ1n) is 8.81. The average Bonchev–Trinajstić information content (AvgIpc) is 2.68. The number of sulfonamides is 1. The molecule has 1 saturated heterocycles. The molecule has 0 radical (unpaired) electrons. The van der Waals surface area contributed by atoms with E-state index in [1.807, 2.05) is 0 Å². The number of piperazine rings is 1. The number of benzene rings is 2. The Kier molecular flexibility index (Phi) is 6.21. The van der Waals surface area contributed by atoms with Crippen LogP contribution in [0, 0.1) is 5.82 Å². The lowest BCUT2D eigenvalue weighted by Gasteiger charge is -2.34. The van der Waals surface area contributed by atoms with E-state index < -0.39 is 21.7 Å². The van der Waals surface area contributed by atoms with Crippen LogP contribution >= 0.6 is 11.6 Å². The molecule has 1 heterocycles. The van der Waals surface area contributed by atoms with Crippen LogP contribution in [0.25, 0.3) is 0 Å². The number of amides is 2. The number of carbonyl (C=O) groups is 2. The first-order chi connectivity index (χ1) is 13.7. The van der Waals surface area contributed by atoms with Gasteiger partial charge >= 0.3 is 0 Å². The van der Waals surface area contributed by atoms with Gasteiger partial charge in [-0.25, -0.2) is 12.8 Å². The highest BCUT2D eigenvalue weighted by Gasteiger charge is 2.31. The van der Waals surface area contributed by atoms with Gasteiger partial charge in [0, 0.05) is 38.8 Å². The largest absolute Gasteiger partial charge is 0.336 e. The van der Waals surface area contributed by atoms with E-state index >= 15 is 0 Å². The lowest BCUT2D eigenvalue weighted by Crippen LogP contribution is -2.50. The molecule has 1 fully saturated rings. The Morgan fingerprint density at radius 1 is 1.03 bits per heavy atom. The molecule has 10 heteroatoms. The van der Waals surface area contributed by atoms with Gasteiger partial charge in [0.25, 0.3) is 5.91 Å². The van der Waals surface area contributed by atoms with Gasteiger partial charge in [-0.15, -0.1) is 0 Å². The molecule has 0 spiro atoms. The van der Waals surface area contributed by atoms with Gasteiger partial charge < -0.3 is 10.2 Å². The van der Waals surface area contributed by atoms with Crippen LogP contribution < -0.4 is 5.32 Å². The standard InChI is InChI=1S/C19H19ClFN3O4S/c1-13(25)22-14-5-7-15(8-6-14)29(27,28)24-11-9-23(10-12-24)19(26)18-16(20)3-2-4-17(18)21/h2-8H,9-12H2,1H3,(H,22,25). The number of nitrogens with one attached hydrogen (secondary N) is 1. The maximum atomic E-state index is 14.0. The van der Waals surface area contributed by atoms with Gasteiger partial charge in [-0.05, 0) is 36.4 Å².